The number of fused-ring (bicyclic) bond motifs is 1. The molecule has 3 aromatic rings. The van der Waals surface area contributed by atoms with Gasteiger partial charge in [-0.25, -0.2) is 9.78 Å². The molecule has 1 aliphatic heterocycles. The number of rotatable bonds is 5. The van der Waals surface area contributed by atoms with Gasteiger partial charge in [-0.05, 0) is 55.9 Å². The van der Waals surface area contributed by atoms with E-state index in [0.29, 0.717) is 22.6 Å². The molecule has 168 valence electrons. The van der Waals surface area contributed by atoms with Crippen molar-refractivity contribution in [1.29, 1.82) is 0 Å². The number of carboxylic acid groups (broad SMARTS) is 1. The molecule has 0 unspecified atom stereocenters. The molecular formula is C25H30N4O3. The number of aromatic carboxylic acids is 1. The van der Waals surface area contributed by atoms with E-state index in [4.69, 9.17) is 4.98 Å². The van der Waals surface area contributed by atoms with Crippen molar-refractivity contribution < 1.29 is 9.90 Å². The maximum atomic E-state index is 13.0. The minimum absolute atomic E-state index is 0.113. The smallest absolute Gasteiger partial charge is 0.337 e. The predicted molar refractivity (Wildman–Crippen MR) is 127 cm³/mol. The van der Waals surface area contributed by atoms with Crippen LogP contribution in [0, 0.1) is 12.3 Å². The number of hydrogen-bond acceptors (Lipinski definition) is 5. The molecule has 1 aliphatic rings. The second-order valence-electron chi connectivity index (χ2n) is 9.49. The Hall–Kier alpha value is -3.35. The fourth-order valence-electron chi connectivity index (χ4n) is 4.29. The maximum Gasteiger partial charge on any atom is 0.337 e. The van der Waals surface area contributed by atoms with Crippen LogP contribution in [-0.2, 0) is 0 Å². The third-order valence-electron chi connectivity index (χ3n) is 6.35. The van der Waals surface area contributed by atoms with E-state index >= 15 is 0 Å². The van der Waals surface area contributed by atoms with E-state index in [9.17, 15) is 14.7 Å². The molecule has 3 heterocycles. The Kier molecular flexibility index (Phi) is 5.67. The van der Waals surface area contributed by atoms with Crippen molar-refractivity contribution in [3.8, 4) is 0 Å². The van der Waals surface area contributed by atoms with Gasteiger partial charge in [0.1, 0.15) is 11.5 Å². The monoisotopic (exact) mass is 434 g/mol. The second kappa shape index (κ2) is 8.30. The number of anilines is 2. The van der Waals surface area contributed by atoms with Crippen LogP contribution in [0.3, 0.4) is 0 Å². The molecule has 0 bridgehead atoms. The van der Waals surface area contributed by atoms with Gasteiger partial charge in [0.2, 0.25) is 0 Å². The topological polar surface area (TPSA) is 86.9 Å². The standard InChI is InChI=1S/C25H30N4O3/c1-16-13-19(17(2)26-20-8-6-5-7-18(20)24(31)32)23-27-21(14-22(30)29(23)15-16)28-11-9-25(3,4)10-12-28/h5-8,13-15,17,26H,9-12H2,1-4H3,(H,31,32)/t17-/m0/s1. The summed E-state index contributed by atoms with van der Waals surface area (Å²) in [6.45, 7) is 10.2. The summed E-state index contributed by atoms with van der Waals surface area (Å²) >= 11 is 0. The fourth-order valence-corrected chi connectivity index (χ4v) is 4.29. The minimum Gasteiger partial charge on any atom is -0.478 e. The van der Waals surface area contributed by atoms with E-state index in [1.54, 1.807) is 40.9 Å². The van der Waals surface area contributed by atoms with E-state index in [0.717, 1.165) is 37.1 Å². The highest BCUT2D eigenvalue weighted by Gasteiger charge is 2.27. The lowest BCUT2D eigenvalue weighted by Crippen LogP contribution is -2.38. The van der Waals surface area contributed by atoms with Crippen molar-refractivity contribution in [2.24, 2.45) is 5.41 Å². The van der Waals surface area contributed by atoms with Crippen LogP contribution in [0.25, 0.3) is 5.65 Å². The van der Waals surface area contributed by atoms with Crippen LogP contribution in [0.4, 0.5) is 11.5 Å². The first-order valence-electron chi connectivity index (χ1n) is 11.0. The summed E-state index contributed by atoms with van der Waals surface area (Å²) in [5, 5.41) is 12.8. The lowest BCUT2D eigenvalue weighted by atomic mass is 9.83. The molecule has 1 atom stereocenters. The number of aromatic nitrogens is 2. The second-order valence-corrected chi connectivity index (χ2v) is 9.49. The number of benzene rings is 1. The number of nitrogens with zero attached hydrogens (tertiary/aromatic N) is 3. The molecule has 1 aromatic carbocycles. The Morgan fingerprint density at radius 2 is 1.88 bits per heavy atom. The number of carboxylic acids is 1. The summed E-state index contributed by atoms with van der Waals surface area (Å²) < 4.78 is 1.59. The van der Waals surface area contributed by atoms with Crippen LogP contribution in [0.5, 0.6) is 0 Å². The van der Waals surface area contributed by atoms with Crippen molar-refractivity contribution in [2.45, 2.75) is 46.6 Å². The van der Waals surface area contributed by atoms with Gasteiger partial charge in [0.25, 0.3) is 5.56 Å². The molecule has 0 amide bonds. The molecule has 1 fully saturated rings. The minimum atomic E-state index is -0.987. The first-order chi connectivity index (χ1) is 15.1. The number of piperidine rings is 1. The lowest BCUT2D eigenvalue weighted by molar-refractivity contribution is 0.0698. The molecular weight excluding hydrogens is 404 g/mol. The number of para-hydroxylation sites is 1. The quantitative estimate of drug-likeness (QED) is 0.615. The molecule has 7 heteroatoms. The van der Waals surface area contributed by atoms with Gasteiger partial charge >= 0.3 is 5.97 Å². The third kappa shape index (κ3) is 4.33. The molecule has 0 aliphatic carbocycles. The van der Waals surface area contributed by atoms with Gasteiger partial charge in [0.05, 0.1) is 11.6 Å². The van der Waals surface area contributed by atoms with Crippen molar-refractivity contribution in [1.82, 2.24) is 9.38 Å². The summed E-state index contributed by atoms with van der Waals surface area (Å²) in [5.41, 5.74) is 3.31. The Labute approximate surface area is 187 Å². The van der Waals surface area contributed by atoms with Crippen molar-refractivity contribution >= 4 is 23.1 Å². The van der Waals surface area contributed by atoms with Crippen LogP contribution >= 0.6 is 0 Å². The van der Waals surface area contributed by atoms with Gasteiger partial charge in [-0.1, -0.05) is 26.0 Å². The largest absolute Gasteiger partial charge is 0.478 e. The summed E-state index contributed by atoms with van der Waals surface area (Å²) in [4.78, 5) is 31.7. The maximum absolute atomic E-state index is 13.0. The summed E-state index contributed by atoms with van der Waals surface area (Å²) in [7, 11) is 0. The van der Waals surface area contributed by atoms with Crippen LogP contribution in [0.15, 0.2) is 47.4 Å². The highest BCUT2D eigenvalue weighted by atomic mass is 16.4. The summed E-state index contributed by atoms with van der Waals surface area (Å²) in [6.07, 6.45) is 3.91. The van der Waals surface area contributed by atoms with E-state index in [2.05, 4.69) is 24.1 Å². The molecule has 0 spiro atoms. The number of aryl methyl sites for hydroxylation is 1. The SMILES string of the molecule is Cc1cc([C@H](C)Nc2ccccc2C(=O)O)c2nc(N3CCC(C)(C)CC3)cc(=O)n2c1. The molecule has 2 aromatic heterocycles. The van der Waals surface area contributed by atoms with Gasteiger partial charge in [-0.3, -0.25) is 9.20 Å². The van der Waals surface area contributed by atoms with Crippen LogP contribution in [0.2, 0.25) is 0 Å². The van der Waals surface area contributed by atoms with Gasteiger partial charge in [0, 0.05) is 36.6 Å². The molecule has 7 nitrogen and oxygen atoms in total. The average molecular weight is 435 g/mol. The van der Waals surface area contributed by atoms with Crippen LogP contribution in [0.1, 0.15) is 61.1 Å². The number of pyridine rings is 1. The third-order valence-corrected chi connectivity index (χ3v) is 6.35. The normalized spacial score (nSPS) is 16.7. The van der Waals surface area contributed by atoms with E-state index < -0.39 is 5.97 Å². The molecule has 2 N–H and O–H groups in total. The molecule has 0 radical (unpaired) electrons. The van der Waals surface area contributed by atoms with E-state index in [1.165, 1.54) is 0 Å². The lowest BCUT2D eigenvalue weighted by Gasteiger charge is -2.37. The Morgan fingerprint density at radius 3 is 2.56 bits per heavy atom. The highest BCUT2D eigenvalue weighted by molar-refractivity contribution is 5.94. The van der Waals surface area contributed by atoms with Gasteiger partial charge in [-0.2, -0.15) is 0 Å². The number of carbonyl (C=O) groups is 1. The first kappa shape index (κ1) is 21.9. The van der Waals surface area contributed by atoms with E-state index in [-0.39, 0.29) is 17.2 Å². The number of nitrogens with one attached hydrogen (secondary N) is 1. The van der Waals surface area contributed by atoms with Crippen molar-refractivity contribution in [3.63, 3.8) is 0 Å². The first-order valence-corrected chi connectivity index (χ1v) is 11.0. The zero-order chi connectivity index (χ0) is 23.0. The van der Waals surface area contributed by atoms with E-state index in [1.807, 2.05) is 19.9 Å². The summed E-state index contributed by atoms with van der Waals surface area (Å²) in [5.74, 6) is -0.284. The van der Waals surface area contributed by atoms with Gasteiger partial charge < -0.3 is 15.3 Å². The molecule has 0 saturated carbocycles. The predicted octanol–water partition coefficient (Wildman–Crippen LogP) is 4.50. The highest BCUT2D eigenvalue weighted by Crippen LogP contribution is 2.32. The van der Waals surface area contributed by atoms with Crippen molar-refractivity contribution in [3.05, 3.63) is 69.6 Å². The Morgan fingerprint density at radius 1 is 1.19 bits per heavy atom. The molecule has 32 heavy (non-hydrogen) atoms. The number of hydrogen-bond donors (Lipinski definition) is 2. The Balaban J connectivity index is 1.75. The van der Waals surface area contributed by atoms with Gasteiger partial charge in [-0.15, -0.1) is 0 Å². The fraction of sp³-hybridized carbons (Fsp3) is 0.400. The van der Waals surface area contributed by atoms with Crippen LogP contribution in [-0.4, -0.2) is 33.6 Å². The Bertz CT molecular complexity index is 1220. The zero-order valence-corrected chi connectivity index (χ0v) is 19.1. The molecule has 4 rings (SSSR count). The zero-order valence-electron chi connectivity index (χ0n) is 19.1. The average Bonchev–Trinajstić information content (AvgIpc) is 2.74. The van der Waals surface area contributed by atoms with Gasteiger partial charge in [0.15, 0.2) is 0 Å². The van der Waals surface area contributed by atoms with Crippen molar-refractivity contribution in [2.75, 3.05) is 23.3 Å². The molecule has 1 saturated heterocycles. The summed E-state index contributed by atoms with van der Waals surface area (Å²) in [6, 6.07) is 10.2. The van der Waals surface area contributed by atoms with Crippen LogP contribution < -0.4 is 15.8 Å².